The number of halogens is 2. The first-order valence-corrected chi connectivity index (χ1v) is 3.68. The van der Waals surface area contributed by atoms with Crippen molar-refractivity contribution in [3.8, 4) is 0 Å². The van der Waals surface area contributed by atoms with Crippen LogP contribution in [-0.4, -0.2) is 25.7 Å². The van der Waals surface area contributed by atoms with Gasteiger partial charge in [-0.05, 0) is 25.3 Å². The van der Waals surface area contributed by atoms with Gasteiger partial charge in [0.2, 0.25) is 0 Å². The van der Waals surface area contributed by atoms with Gasteiger partial charge in [-0.3, -0.25) is 0 Å². The van der Waals surface area contributed by atoms with Crippen LogP contribution in [0.25, 0.3) is 0 Å². The molecular formula is C7H13F2NO. The molecule has 0 aromatic rings. The molecule has 1 saturated carbocycles. The van der Waals surface area contributed by atoms with Crippen molar-refractivity contribution in [2.45, 2.75) is 24.9 Å². The van der Waals surface area contributed by atoms with E-state index in [1.807, 2.05) is 0 Å². The molecule has 66 valence electrons. The Bertz CT molecular complexity index is 134. The van der Waals surface area contributed by atoms with Crippen LogP contribution in [0, 0.1) is 5.92 Å². The van der Waals surface area contributed by atoms with Crippen molar-refractivity contribution < 1.29 is 13.5 Å². The van der Waals surface area contributed by atoms with Crippen molar-refractivity contribution in [3.63, 3.8) is 0 Å². The fraction of sp³-hybridized carbons (Fsp3) is 1.00. The second-order valence-corrected chi connectivity index (χ2v) is 3.08. The summed E-state index contributed by atoms with van der Waals surface area (Å²) in [6, 6.07) is 0. The number of hydrogen-bond donors (Lipinski definition) is 1. The van der Waals surface area contributed by atoms with Crippen molar-refractivity contribution in [1.29, 1.82) is 0 Å². The summed E-state index contributed by atoms with van der Waals surface area (Å²) in [5, 5.41) is 0. The van der Waals surface area contributed by atoms with Crippen LogP contribution in [0.3, 0.4) is 0 Å². The Balaban J connectivity index is 2.43. The Morgan fingerprint density at radius 2 is 2.18 bits per heavy atom. The molecule has 4 heteroatoms. The lowest BCUT2D eigenvalue weighted by Gasteiger charge is -2.45. The minimum absolute atomic E-state index is 0.226. The molecule has 1 fully saturated rings. The van der Waals surface area contributed by atoms with E-state index in [2.05, 4.69) is 0 Å². The molecule has 0 saturated heterocycles. The van der Waals surface area contributed by atoms with E-state index in [-0.39, 0.29) is 5.92 Å². The molecule has 0 spiro atoms. The zero-order chi connectivity index (χ0) is 8.48. The lowest BCUT2D eigenvalue weighted by Crippen LogP contribution is -2.53. The third-order valence-electron chi connectivity index (χ3n) is 2.41. The van der Waals surface area contributed by atoms with Gasteiger partial charge < -0.3 is 10.5 Å². The summed E-state index contributed by atoms with van der Waals surface area (Å²) in [5.74, 6) is 0.226. The first-order valence-electron chi connectivity index (χ1n) is 3.68. The highest BCUT2D eigenvalue weighted by molar-refractivity contribution is 4.97. The largest absolute Gasteiger partial charge is 0.372 e. The minimum Gasteiger partial charge on any atom is -0.372 e. The zero-order valence-electron chi connectivity index (χ0n) is 6.52. The van der Waals surface area contributed by atoms with Crippen LogP contribution < -0.4 is 5.73 Å². The number of methoxy groups -OCH3 is 1. The summed E-state index contributed by atoms with van der Waals surface area (Å²) < 4.78 is 29.3. The van der Waals surface area contributed by atoms with Gasteiger partial charge >= 0.3 is 0 Å². The van der Waals surface area contributed by atoms with Crippen LogP contribution in [0.2, 0.25) is 0 Å². The highest BCUT2D eigenvalue weighted by Gasteiger charge is 2.50. The molecule has 0 heterocycles. The number of alkyl halides is 2. The molecule has 2 nitrogen and oxygen atoms in total. The molecule has 2 N–H and O–H groups in total. The normalized spacial score (nSPS) is 37.4. The third kappa shape index (κ3) is 1.37. The van der Waals surface area contributed by atoms with Gasteiger partial charge in [0.05, 0.1) is 0 Å². The number of hydrogen-bond acceptors (Lipinski definition) is 2. The quantitative estimate of drug-likeness (QED) is 0.677. The summed E-state index contributed by atoms with van der Waals surface area (Å²) in [6.45, 7) is 0.484. The third-order valence-corrected chi connectivity index (χ3v) is 2.41. The lowest BCUT2D eigenvalue weighted by molar-refractivity contribution is -0.186. The van der Waals surface area contributed by atoms with Crippen LogP contribution in [0.5, 0.6) is 0 Å². The van der Waals surface area contributed by atoms with E-state index in [1.165, 1.54) is 7.11 Å². The van der Waals surface area contributed by atoms with Crippen molar-refractivity contribution in [2.24, 2.45) is 11.7 Å². The molecule has 1 rings (SSSR count). The van der Waals surface area contributed by atoms with Gasteiger partial charge in [0.1, 0.15) is 5.60 Å². The molecule has 0 atom stereocenters. The van der Waals surface area contributed by atoms with Crippen molar-refractivity contribution in [1.82, 2.24) is 0 Å². The summed E-state index contributed by atoms with van der Waals surface area (Å²) >= 11 is 0. The van der Waals surface area contributed by atoms with E-state index in [9.17, 15) is 8.78 Å². The summed E-state index contributed by atoms with van der Waals surface area (Å²) in [7, 11) is 1.33. The van der Waals surface area contributed by atoms with Crippen molar-refractivity contribution in [2.75, 3.05) is 13.7 Å². The Labute approximate surface area is 64.7 Å². The Morgan fingerprint density at radius 3 is 2.45 bits per heavy atom. The maximum Gasteiger partial charge on any atom is 0.267 e. The zero-order valence-corrected chi connectivity index (χ0v) is 6.52. The van der Waals surface area contributed by atoms with Gasteiger partial charge in [-0.1, -0.05) is 0 Å². The average molecular weight is 165 g/mol. The van der Waals surface area contributed by atoms with Gasteiger partial charge in [-0.15, -0.1) is 0 Å². The minimum atomic E-state index is -2.38. The molecule has 0 aromatic carbocycles. The van der Waals surface area contributed by atoms with Crippen LogP contribution in [0.1, 0.15) is 12.8 Å². The highest BCUT2D eigenvalue weighted by Crippen LogP contribution is 2.44. The van der Waals surface area contributed by atoms with E-state index in [0.29, 0.717) is 19.4 Å². The van der Waals surface area contributed by atoms with E-state index in [4.69, 9.17) is 10.5 Å². The van der Waals surface area contributed by atoms with Gasteiger partial charge in [-0.2, -0.15) is 0 Å². The Morgan fingerprint density at radius 1 is 1.64 bits per heavy atom. The fourth-order valence-electron chi connectivity index (χ4n) is 1.52. The van der Waals surface area contributed by atoms with E-state index >= 15 is 0 Å². The molecule has 11 heavy (non-hydrogen) atoms. The number of ether oxygens (including phenoxy) is 1. The lowest BCUT2D eigenvalue weighted by atomic mass is 9.71. The van der Waals surface area contributed by atoms with E-state index in [1.54, 1.807) is 0 Å². The van der Waals surface area contributed by atoms with Gasteiger partial charge in [-0.25, -0.2) is 8.78 Å². The maximum absolute atomic E-state index is 12.3. The first kappa shape index (κ1) is 8.87. The molecule has 0 aliphatic heterocycles. The fourth-order valence-corrected chi connectivity index (χ4v) is 1.52. The average Bonchev–Trinajstić information content (AvgIpc) is 1.86. The van der Waals surface area contributed by atoms with Gasteiger partial charge in [0.25, 0.3) is 6.43 Å². The van der Waals surface area contributed by atoms with Crippen LogP contribution in [-0.2, 0) is 4.74 Å². The van der Waals surface area contributed by atoms with Crippen molar-refractivity contribution >= 4 is 0 Å². The van der Waals surface area contributed by atoms with Gasteiger partial charge in [0, 0.05) is 7.11 Å². The smallest absolute Gasteiger partial charge is 0.267 e. The topological polar surface area (TPSA) is 35.2 Å². The Hall–Kier alpha value is -0.220. The Kier molecular flexibility index (Phi) is 2.44. The summed E-state index contributed by atoms with van der Waals surface area (Å²) in [5.41, 5.74) is 4.13. The second-order valence-electron chi connectivity index (χ2n) is 3.08. The second kappa shape index (κ2) is 3.03. The molecule has 1 aliphatic rings. The molecule has 0 bridgehead atoms. The molecule has 0 amide bonds. The molecule has 1 aliphatic carbocycles. The van der Waals surface area contributed by atoms with Gasteiger partial charge in [0.15, 0.2) is 0 Å². The predicted octanol–water partition coefficient (Wildman–Crippen LogP) is 1.01. The highest BCUT2D eigenvalue weighted by atomic mass is 19.3. The SMILES string of the molecule is COC1(C(F)F)CC(CN)C1. The summed E-state index contributed by atoms with van der Waals surface area (Å²) in [6.07, 6.45) is -1.58. The molecule has 0 radical (unpaired) electrons. The number of rotatable bonds is 3. The standard InChI is InChI=1S/C7H13F2NO/c1-11-7(6(8)9)2-5(3-7)4-10/h5-6H,2-4,10H2,1H3. The maximum atomic E-state index is 12.3. The van der Waals surface area contributed by atoms with E-state index < -0.39 is 12.0 Å². The van der Waals surface area contributed by atoms with E-state index in [0.717, 1.165) is 0 Å². The van der Waals surface area contributed by atoms with Crippen LogP contribution in [0.4, 0.5) is 8.78 Å². The molecule has 0 aromatic heterocycles. The summed E-state index contributed by atoms with van der Waals surface area (Å²) in [4.78, 5) is 0. The monoisotopic (exact) mass is 165 g/mol. The van der Waals surface area contributed by atoms with Crippen LogP contribution in [0.15, 0.2) is 0 Å². The van der Waals surface area contributed by atoms with Crippen LogP contribution >= 0.6 is 0 Å². The molecular weight excluding hydrogens is 152 g/mol. The van der Waals surface area contributed by atoms with Crippen molar-refractivity contribution in [3.05, 3.63) is 0 Å². The number of nitrogens with two attached hydrogens (primary N) is 1. The first-order chi connectivity index (χ1) is 5.14. The molecule has 0 unspecified atom stereocenters. The predicted molar refractivity (Wildman–Crippen MR) is 37.5 cm³/mol.